The fraction of sp³-hybridized carbons (Fsp3) is 0.0312. The van der Waals surface area contributed by atoms with Gasteiger partial charge in [-0.15, -0.1) is 0 Å². The summed E-state index contributed by atoms with van der Waals surface area (Å²) < 4.78 is 2.35. The first kappa shape index (κ1) is 19.1. The molecular formula is C32H22N2. The third-order valence-electron chi connectivity index (χ3n) is 6.91. The first-order valence-electron chi connectivity index (χ1n) is 11.7. The number of nitrogens with zero attached hydrogens (tertiary/aromatic N) is 2. The molecule has 0 N–H and O–H groups in total. The van der Waals surface area contributed by atoms with E-state index >= 15 is 0 Å². The number of hydrogen-bond donors (Lipinski definition) is 0. The number of fused-ring (bicyclic) bond motifs is 6. The summed E-state index contributed by atoms with van der Waals surface area (Å²) in [5, 5.41) is 6.21. The molecule has 0 saturated heterocycles. The molecule has 0 aliphatic carbocycles. The van der Waals surface area contributed by atoms with Gasteiger partial charge in [0.2, 0.25) is 0 Å². The van der Waals surface area contributed by atoms with Crippen LogP contribution < -0.4 is 0 Å². The van der Waals surface area contributed by atoms with E-state index in [-0.39, 0.29) is 0 Å². The lowest BCUT2D eigenvalue weighted by atomic mass is 9.98. The Hall–Kier alpha value is -4.43. The van der Waals surface area contributed by atoms with Crippen LogP contribution in [-0.4, -0.2) is 9.55 Å². The molecule has 2 nitrogen and oxygen atoms in total. The summed E-state index contributed by atoms with van der Waals surface area (Å²) in [6.07, 6.45) is 0. The summed E-state index contributed by atoms with van der Waals surface area (Å²) in [7, 11) is 0. The molecule has 0 unspecified atom stereocenters. The van der Waals surface area contributed by atoms with E-state index in [1.165, 1.54) is 54.8 Å². The van der Waals surface area contributed by atoms with Crippen molar-refractivity contribution in [1.82, 2.24) is 9.55 Å². The Bertz CT molecular complexity index is 1860. The van der Waals surface area contributed by atoms with Crippen LogP contribution in [0, 0.1) is 6.92 Å². The highest BCUT2D eigenvalue weighted by Crippen LogP contribution is 2.36. The van der Waals surface area contributed by atoms with Gasteiger partial charge in [0.25, 0.3) is 0 Å². The van der Waals surface area contributed by atoms with E-state index in [9.17, 15) is 0 Å². The van der Waals surface area contributed by atoms with Crippen molar-refractivity contribution in [2.75, 3.05) is 0 Å². The van der Waals surface area contributed by atoms with Crippen LogP contribution in [0.2, 0.25) is 0 Å². The van der Waals surface area contributed by atoms with Crippen LogP contribution in [0.25, 0.3) is 60.3 Å². The van der Waals surface area contributed by atoms with Crippen molar-refractivity contribution in [2.24, 2.45) is 0 Å². The van der Waals surface area contributed by atoms with Gasteiger partial charge in [-0.3, -0.25) is 4.98 Å². The van der Waals surface area contributed by atoms with Crippen LogP contribution in [0.1, 0.15) is 5.69 Å². The van der Waals surface area contributed by atoms with Gasteiger partial charge in [0.15, 0.2) is 0 Å². The van der Waals surface area contributed by atoms with Crippen LogP contribution in [0.4, 0.5) is 0 Å². The molecule has 5 aromatic carbocycles. The Morgan fingerprint density at radius 2 is 1.15 bits per heavy atom. The molecule has 2 heterocycles. The highest BCUT2D eigenvalue weighted by atomic mass is 15.0. The first-order chi connectivity index (χ1) is 16.8. The second kappa shape index (κ2) is 7.29. The number of hydrogen-bond acceptors (Lipinski definition) is 1. The van der Waals surface area contributed by atoms with Crippen molar-refractivity contribution in [3.05, 3.63) is 121 Å². The van der Waals surface area contributed by atoms with Gasteiger partial charge < -0.3 is 4.57 Å². The Morgan fingerprint density at radius 1 is 0.500 bits per heavy atom. The predicted molar refractivity (Wildman–Crippen MR) is 144 cm³/mol. The number of rotatable bonds is 2. The van der Waals surface area contributed by atoms with Gasteiger partial charge in [0, 0.05) is 32.9 Å². The fourth-order valence-electron chi connectivity index (χ4n) is 5.31. The number of pyridine rings is 1. The molecule has 7 aromatic rings. The van der Waals surface area contributed by atoms with E-state index in [0.717, 1.165) is 11.2 Å². The smallest absolute Gasteiger partial charge is 0.0717 e. The molecule has 2 aromatic heterocycles. The quantitative estimate of drug-likeness (QED) is 0.250. The second-order valence-corrected chi connectivity index (χ2v) is 8.89. The van der Waals surface area contributed by atoms with Crippen molar-refractivity contribution in [1.29, 1.82) is 0 Å². The molecular weight excluding hydrogens is 412 g/mol. The number of para-hydroxylation sites is 2. The summed E-state index contributed by atoms with van der Waals surface area (Å²) in [5.41, 5.74) is 8.13. The lowest BCUT2D eigenvalue weighted by Gasteiger charge is -2.10. The maximum Gasteiger partial charge on any atom is 0.0717 e. The first-order valence-corrected chi connectivity index (χ1v) is 11.7. The van der Waals surface area contributed by atoms with E-state index in [1.807, 2.05) is 0 Å². The van der Waals surface area contributed by atoms with Crippen molar-refractivity contribution >= 4 is 43.5 Å². The minimum Gasteiger partial charge on any atom is -0.309 e. The summed E-state index contributed by atoms with van der Waals surface area (Å²) >= 11 is 0. The summed E-state index contributed by atoms with van der Waals surface area (Å²) in [6.45, 7) is 2.10. The average Bonchev–Trinajstić information content (AvgIpc) is 3.23. The minimum absolute atomic E-state index is 1.04. The predicted octanol–water partition coefficient (Wildman–Crippen LogP) is 8.46. The summed E-state index contributed by atoms with van der Waals surface area (Å²) in [5.74, 6) is 0. The van der Waals surface area contributed by atoms with Gasteiger partial charge in [-0.2, -0.15) is 0 Å². The zero-order valence-electron chi connectivity index (χ0n) is 18.9. The van der Waals surface area contributed by atoms with Crippen molar-refractivity contribution in [3.8, 4) is 16.8 Å². The van der Waals surface area contributed by atoms with E-state index in [4.69, 9.17) is 4.98 Å². The standard InChI is InChI=1S/C32H22N2/c1-21-25-11-5-6-12-26(25)27-17-15-23(20-30(27)33-21)22-16-18-32-29(19-22)28-13-7-8-14-31(28)34(32)24-9-3-2-4-10-24/h2-20H,1H3. The molecule has 0 aliphatic rings. The second-order valence-electron chi connectivity index (χ2n) is 8.89. The Labute approximate surface area is 197 Å². The molecule has 0 atom stereocenters. The Morgan fingerprint density at radius 3 is 2.00 bits per heavy atom. The molecule has 2 heteroatoms. The highest BCUT2D eigenvalue weighted by molar-refractivity contribution is 6.11. The molecule has 0 aliphatic heterocycles. The van der Waals surface area contributed by atoms with Crippen molar-refractivity contribution in [2.45, 2.75) is 6.92 Å². The maximum atomic E-state index is 4.94. The van der Waals surface area contributed by atoms with E-state index in [1.54, 1.807) is 0 Å². The van der Waals surface area contributed by atoms with Gasteiger partial charge >= 0.3 is 0 Å². The Balaban J connectivity index is 1.46. The number of aryl methyl sites for hydroxylation is 1. The lowest BCUT2D eigenvalue weighted by molar-refractivity contribution is 1.18. The molecule has 160 valence electrons. The minimum atomic E-state index is 1.04. The van der Waals surface area contributed by atoms with E-state index in [2.05, 4.69) is 127 Å². The highest BCUT2D eigenvalue weighted by Gasteiger charge is 2.13. The van der Waals surface area contributed by atoms with E-state index < -0.39 is 0 Å². The monoisotopic (exact) mass is 434 g/mol. The van der Waals surface area contributed by atoms with Crippen LogP contribution >= 0.6 is 0 Å². The molecule has 0 spiro atoms. The van der Waals surface area contributed by atoms with Gasteiger partial charge in [0.05, 0.1) is 16.6 Å². The van der Waals surface area contributed by atoms with Crippen LogP contribution in [0.5, 0.6) is 0 Å². The molecule has 0 saturated carbocycles. The Kier molecular flexibility index (Phi) is 4.09. The lowest BCUT2D eigenvalue weighted by Crippen LogP contribution is -1.92. The van der Waals surface area contributed by atoms with Crippen LogP contribution in [0.15, 0.2) is 115 Å². The van der Waals surface area contributed by atoms with Gasteiger partial charge in [-0.25, -0.2) is 0 Å². The van der Waals surface area contributed by atoms with Crippen molar-refractivity contribution < 1.29 is 0 Å². The molecule has 0 radical (unpaired) electrons. The van der Waals surface area contributed by atoms with Crippen molar-refractivity contribution in [3.63, 3.8) is 0 Å². The third-order valence-corrected chi connectivity index (χ3v) is 6.91. The number of aromatic nitrogens is 2. The zero-order chi connectivity index (χ0) is 22.6. The normalized spacial score (nSPS) is 11.7. The molecule has 34 heavy (non-hydrogen) atoms. The van der Waals surface area contributed by atoms with Crippen LogP contribution in [-0.2, 0) is 0 Å². The average molecular weight is 435 g/mol. The molecule has 0 amide bonds. The molecule has 0 bridgehead atoms. The molecule has 0 fully saturated rings. The third kappa shape index (κ3) is 2.79. The number of benzene rings is 5. The topological polar surface area (TPSA) is 17.8 Å². The largest absolute Gasteiger partial charge is 0.309 e. The SMILES string of the molecule is Cc1nc2cc(-c3ccc4c(c3)c3ccccc3n4-c3ccccc3)ccc2c2ccccc12. The summed E-state index contributed by atoms with van der Waals surface area (Å²) in [4.78, 5) is 4.94. The summed E-state index contributed by atoms with van der Waals surface area (Å²) in [6, 6.07) is 41.3. The molecule has 7 rings (SSSR count). The van der Waals surface area contributed by atoms with Gasteiger partial charge in [0.1, 0.15) is 0 Å². The maximum absolute atomic E-state index is 4.94. The fourth-order valence-corrected chi connectivity index (χ4v) is 5.31. The van der Waals surface area contributed by atoms with Crippen LogP contribution in [0.3, 0.4) is 0 Å². The van der Waals surface area contributed by atoms with Gasteiger partial charge in [-0.05, 0) is 59.8 Å². The van der Waals surface area contributed by atoms with E-state index in [0.29, 0.717) is 0 Å². The van der Waals surface area contributed by atoms with Gasteiger partial charge in [-0.1, -0.05) is 78.9 Å². The zero-order valence-corrected chi connectivity index (χ0v) is 18.9.